The third-order valence-corrected chi connectivity index (χ3v) is 7.34. The number of pyridine rings is 1. The number of amides is 1. The van der Waals surface area contributed by atoms with Crippen molar-refractivity contribution in [2.45, 2.75) is 45.6 Å². The van der Waals surface area contributed by atoms with Gasteiger partial charge in [0.05, 0.1) is 5.75 Å². The molecule has 3 rings (SSSR count). The summed E-state index contributed by atoms with van der Waals surface area (Å²) in [5.74, 6) is -1.26. The number of aromatic nitrogens is 1. The Morgan fingerprint density at radius 1 is 1.03 bits per heavy atom. The van der Waals surface area contributed by atoms with Gasteiger partial charge in [0.2, 0.25) is 0 Å². The van der Waals surface area contributed by atoms with Crippen molar-refractivity contribution in [2.24, 2.45) is 7.05 Å². The molecule has 1 amide bonds. The second-order valence-corrected chi connectivity index (χ2v) is 12.3. The summed E-state index contributed by atoms with van der Waals surface area (Å²) in [5, 5.41) is 2.63. The first-order valence-corrected chi connectivity index (χ1v) is 13.8. The second kappa shape index (κ2) is 11.3. The SMILES string of the molecule is CCS(=O)(=O)Cc1ccc(-c2cn(C)c(=O)cc2CNC(=O)OC(C)(C)C)c(C(=O)c2ccc(F)cc2)c1. The summed E-state index contributed by atoms with van der Waals surface area (Å²) >= 11 is 0. The molecule has 0 fully saturated rings. The van der Waals surface area contributed by atoms with Gasteiger partial charge < -0.3 is 14.6 Å². The topological polar surface area (TPSA) is 112 Å². The highest BCUT2D eigenvalue weighted by Gasteiger charge is 2.21. The number of hydrogen-bond acceptors (Lipinski definition) is 6. The third kappa shape index (κ3) is 7.38. The van der Waals surface area contributed by atoms with Crippen LogP contribution in [-0.4, -0.2) is 36.2 Å². The number of carbonyl (C=O) groups excluding carboxylic acids is 2. The number of hydrogen-bond donors (Lipinski definition) is 1. The number of sulfone groups is 1. The monoisotopic (exact) mass is 542 g/mol. The highest BCUT2D eigenvalue weighted by atomic mass is 32.2. The molecule has 10 heteroatoms. The lowest BCUT2D eigenvalue weighted by Crippen LogP contribution is -2.32. The number of alkyl carbamates (subject to hydrolysis) is 1. The van der Waals surface area contributed by atoms with Crippen molar-refractivity contribution in [3.63, 3.8) is 0 Å². The zero-order chi connectivity index (χ0) is 28.3. The summed E-state index contributed by atoms with van der Waals surface area (Å²) in [6.45, 7) is 6.66. The van der Waals surface area contributed by atoms with Gasteiger partial charge in [-0.2, -0.15) is 0 Å². The minimum atomic E-state index is -3.38. The fourth-order valence-corrected chi connectivity index (χ4v) is 4.65. The van der Waals surface area contributed by atoms with Crippen molar-refractivity contribution in [3.05, 3.63) is 93.2 Å². The molecule has 1 heterocycles. The average molecular weight is 543 g/mol. The van der Waals surface area contributed by atoms with Crippen LogP contribution in [0.15, 0.2) is 59.5 Å². The van der Waals surface area contributed by atoms with Gasteiger partial charge in [-0.1, -0.05) is 19.1 Å². The Balaban J connectivity index is 2.15. The van der Waals surface area contributed by atoms with E-state index in [0.29, 0.717) is 22.3 Å². The fraction of sp³-hybridized carbons (Fsp3) is 0.321. The number of nitrogens with zero attached hydrogens (tertiary/aromatic N) is 1. The Hall–Kier alpha value is -3.79. The molecular weight excluding hydrogens is 511 g/mol. The van der Waals surface area contributed by atoms with Crippen LogP contribution >= 0.6 is 0 Å². The van der Waals surface area contributed by atoms with Crippen molar-refractivity contribution < 1.29 is 27.1 Å². The van der Waals surface area contributed by atoms with Crippen molar-refractivity contribution in [1.29, 1.82) is 0 Å². The van der Waals surface area contributed by atoms with Gasteiger partial charge in [0.1, 0.15) is 11.4 Å². The maximum Gasteiger partial charge on any atom is 0.407 e. The van der Waals surface area contributed by atoms with Crippen LogP contribution in [0, 0.1) is 5.82 Å². The smallest absolute Gasteiger partial charge is 0.407 e. The molecular formula is C28H31FN2O6S. The van der Waals surface area contributed by atoms with Crippen LogP contribution in [0.5, 0.6) is 0 Å². The highest BCUT2D eigenvalue weighted by molar-refractivity contribution is 7.90. The van der Waals surface area contributed by atoms with Crippen molar-refractivity contribution in [1.82, 2.24) is 9.88 Å². The van der Waals surface area contributed by atoms with Crippen molar-refractivity contribution in [2.75, 3.05) is 5.75 Å². The predicted molar refractivity (Wildman–Crippen MR) is 143 cm³/mol. The van der Waals surface area contributed by atoms with Gasteiger partial charge in [0.15, 0.2) is 15.6 Å². The summed E-state index contributed by atoms with van der Waals surface area (Å²) in [6, 6.07) is 11.1. The lowest BCUT2D eigenvalue weighted by molar-refractivity contribution is 0.0523. The predicted octanol–water partition coefficient (Wildman–Crippen LogP) is 4.38. The second-order valence-electron chi connectivity index (χ2n) is 9.91. The molecule has 1 aromatic heterocycles. The van der Waals surface area contributed by atoms with E-state index in [4.69, 9.17) is 4.74 Å². The van der Waals surface area contributed by atoms with Crippen LogP contribution in [0.3, 0.4) is 0 Å². The highest BCUT2D eigenvalue weighted by Crippen LogP contribution is 2.30. The summed E-state index contributed by atoms with van der Waals surface area (Å²) in [5.41, 5.74) is 1.10. The quantitative estimate of drug-likeness (QED) is 0.423. The maximum atomic E-state index is 13.6. The molecule has 0 atom stereocenters. The first kappa shape index (κ1) is 28.8. The molecule has 38 heavy (non-hydrogen) atoms. The van der Waals surface area contributed by atoms with E-state index in [-0.39, 0.29) is 34.7 Å². The Kier molecular flexibility index (Phi) is 8.56. The summed E-state index contributed by atoms with van der Waals surface area (Å²) in [4.78, 5) is 38.3. The Morgan fingerprint density at radius 3 is 2.29 bits per heavy atom. The van der Waals surface area contributed by atoms with E-state index in [1.165, 1.54) is 41.0 Å². The first-order chi connectivity index (χ1) is 17.7. The third-order valence-electron chi connectivity index (χ3n) is 5.69. The first-order valence-electron chi connectivity index (χ1n) is 12.0. The number of benzene rings is 2. The van der Waals surface area contributed by atoms with E-state index in [1.807, 2.05) is 0 Å². The van der Waals surface area contributed by atoms with Gasteiger partial charge >= 0.3 is 6.09 Å². The standard InChI is InChI=1S/C28H31FN2O6S/c1-6-38(35,36)17-18-7-12-22(23(13-18)26(33)19-8-10-21(29)11-9-19)24-16-31(5)25(32)14-20(24)15-30-27(34)37-28(2,3)4/h7-14,16H,6,15,17H2,1-5H3,(H,30,34). The zero-order valence-corrected chi connectivity index (χ0v) is 22.8. The maximum absolute atomic E-state index is 13.6. The number of halogens is 1. The van der Waals surface area contributed by atoms with Crippen molar-refractivity contribution in [3.8, 4) is 11.1 Å². The van der Waals surface area contributed by atoms with E-state index >= 15 is 0 Å². The Morgan fingerprint density at radius 2 is 1.68 bits per heavy atom. The minimum absolute atomic E-state index is 0.0583. The van der Waals surface area contributed by atoms with Crippen LogP contribution < -0.4 is 10.9 Å². The molecule has 2 aromatic carbocycles. The minimum Gasteiger partial charge on any atom is -0.444 e. The molecule has 0 spiro atoms. The number of carbonyl (C=O) groups is 2. The molecule has 0 aliphatic rings. The van der Waals surface area contributed by atoms with Gasteiger partial charge in [-0.05, 0) is 67.8 Å². The van der Waals surface area contributed by atoms with E-state index in [0.717, 1.165) is 0 Å². The van der Waals surface area contributed by atoms with Crippen molar-refractivity contribution >= 4 is 21.7 Å². The van der Waals surface area contributed by atoms with Crippen LogP contribution in [0.2, 0.25) is 0 Å². The lowest BCUT2D eigenvalue weighted by Gasteiger charge is -2.20. The molecule has 202 valence electrons. The molecule has 3 aromatic rings. The molecule has 1 N–H and O–H groups in total. The molecule has 0 unspecified atom stereocenters. The van der Waals surface area contributed by atoms with E-state index < -0.39 is 33.1 Å². The van der Waals surface area contributed by atoms with Crippen LogP contribution in [0.25, 0.3) is 11.1 Å². The molecule has 0 saturated heterocycles. The number of ether oxygens (including phenoxy) is 1. The molecule has 0 aliphatic heterocycles. The normalized spacial score (nSPS) is 11.7. The van der Waals surface area contributed by atoms with Crippen LogP contribution in [-0.2, 0) is 33.9 Å². The van der Waals surface area contributed by atoms with E-state index in [1.54, 1.807) is 53.1 Å². The number of nitrogens with one attached hydrogen (secondary N) is 1. The summed E-state index contributed by atoms with van der Waals surface area (Å²) in [7, 11) is -1.83. The molecule has 0 saturated carbocycles. The van der Waals surface area contributed by atoms with Gasteiger partial charge in [-0.25, -0.2) is 17.6 Å². The van der Waals surface area contributed by atoms with Crippen LogP contribution in [0.1, 0.15) is 54.7 Å². The summed E-state index contributed by atoms with van der Waals surface area (Å²) in [6.07, 6.45) is 0.875. The fourth-order valence-electron chi connectivity index (χ4n) is 3.76. The number of ketones is 1. The zero-order valence-electron chi connectivity index (χ0n) is 22.0. The van der Waals surface area contributed by atoms with E-state index in [9.17, 15) is 27.2 Å². The van der Waals surface area contributed by atoms with Gasteiger partial charge in [0.25, 0.3) is 5.56 Å². The van der Waals surface area contributed by atoms with Gasteiger partial charge in [-0.15, -0.1) is 0 Å². The number of rotatable bonds is 8. The Labute approximate surface area is 221 Å². The lowest BCUT2D eigenvalue weighted by atomic mass is 9.91. The van der Waals surface area contributed by atoms with Gasteiger partial charge in [0, 0.05) is 48.3 Å². The molecule has 0 aliphatic carbocycles. The molecule has 8 nitrogen and oxygen atoms in total. The summed E-state index contributed by atoms with van der Waals surface area (Å²) < 4.78 is 44.7. The molecule has 0 radical (unpaired) electrons. The van der Waals surface area contributed by atoms with E-state index in [2.05, 4.69) is 5.32 Å². The van der Waals surface area contributed by atoms with Gasteiger partial charge in [-0.3, -0.25) is 9.59 Å². The largest absolute Gasteiger partial charge is 0.444 e. The average Bonchev–Trinajstić information content (AvgIpc) is 2.83. The Bertz CT molecular complexity index is 1520. The number of aryl methyl sites for hydroxylation is 1. The molecule has 0 bridgehead atoms. The van der Waals surface area contributed by atoms with Crippen LogP contribution in [0.4, 0.5) is 9.18 Å².